The summed E-state index contributed by atoms with van der Waals surface area (Å²) in [6.07, 6.45) is 3.08. The van der Waals surface area contributed by atoms with E-state index in [0.717, 1.165) is 31.7 Å². The van der Waals surface area contributed by atoms with E-state index >= 15 is 0 Å². The molecule has 1 aliphatic rings. The number of aromatic nitrogens is 2. The van der Waals surface area contributed by atoms with Crippen molar-refractivity contribution in [3.63, 3.8) is 0 Å². The summed E-state index contributed by atoms with van der Waals surface area (Å²) in [4.78, 5) is 7.01. The summed E-state index contributed by atoms with van der Waals surface area (Å²) < 4.78 is 2.25. The molecule has 4 nitrogen and oxygen atoms in total. The van der Waals surface area contributed by atoms with Gasteiger partial charge in [-0.2, -0.15) is 0 Å². The maximum absolute atomic E-state index is 6.22. The van der Waals surface area contributed by atoms with E-state index in [1.165, 1.54) is 11.4 Å². The zero-order valence-electron chi connectivity index (χ0n) is 12.6. The van der Waals surface area contributed by atoms with Gasteiger partial charge in [-0.05, 0) is 30.9 Å². The molecule has 0 aromatic carbocycles. The third-order valence-corrected chi connectivity index (χ3v) is 4.57. The second-order valence-corrected chi connectivity index (χ2v) is 6.70. The van der Waals surface area contributed by atoms with Gasteiger partial charge < -0.3 is 10.1 Å². The molecule has 20 heavy (non-hydrogen) atoms. The molecular weight excluding hydrogens is 248 g/mol. The fourth-order valence-electron chi connectivity index (χ4n) is 3.24. The zero-order chi connectivity index (χ0) is 14.3. The van der Waals surface area contributed by atoms with Crippen molar-refractivity contribution in [1.82, 2.24) is 14.3 Å². The monoisotopic (exact) mass is 272 g/mol. The lowest BCUT2D eigenvalue weighted by molar-refractivity contribution is 0.0887. The minimum Gasteiger partial charge on any atom is -0.327 e. The van der Waals surface area contributed by atoms with E-state index < -0.39 is 0 Å². The second-order valence-electron chi connectivity index (χ2n) is 6.70. The van der Waals surface area contributed by atoms with Gasteiger partial charge in [-0.25, -0.2) is 4.98 Å². The van der Waals surface area contributed by atoms with E-state index in [9.17, 15) is 0 Å². The van der Waals surface area contributed by atoms with E-state index in [-0.39, 0.29) is 5.41 Å². The number of nitrogens with two attached hydrogens (primary N) is 1. The number of nitrogens with zero attached hydrogens (tertiary/aromatic N) is 3. The zero-order valence-corrected chi connectivity index (χ0v) is 12.6. The number of piperidine rings is 1. The maximum Gasteiger partial charge on any atom is 0.137 e. The molecule has 2 aromatic heterocycles. The van der Waals surface area contributed by atoms with Crippen molar-refractivity contribution in [2.24, 2.45) is 11.1 Å². The fraction of sp³-hybridized carbons (Fsp3) is 0.562. The van der Waals surface area contributed by atoms with Crippen molar-refractivity contribution >= 4 is 5.65 Å². The number of fused-ring (bicyclic) bond motifs is 1. The molecule has 1 fully saturated rings. The highest BCUT2D eigenvalue weighted by Crippen LogP contribution is 2.28. The number of hydrogen-bond acceptors (Lipinski definition) is 3. The van der Waals surface area contributed by atoms with Crippen molar-refractivity contribution in [3.8, 4) is 0 Å². The van der Waals surface area contributed by atoms with Crippen LogP contribution in [0.25, 0.3) is 5.65 Å². The summed E-state index contributed by atoms with van der Waals surface area (Å²) in [5.41, 5.74) is 9.95. The summed E-state index contributed by atoms with van der Waals surface area (Å²) in [6, 6.07) is 6.56. The largest absolute Gasteiger partial charge is 0.327 e. The molecule has 3 rings (SSSR count). The number of hydrogen-bond donors (Lipinski definition) is 1. The number of aryl methyl sites for hydroxylation is 1. The van der Waals surface area contributed by atoms with Crippen molar-refractivity contribution in [2.75, 3.05) is 13.1 Å². The standard InChI is InChI=1S/C16H24N4/c1-12-5-4-6-15-18-9-13(20(12)15)10-19-8-7-14(17)16(2,3)11-19/h4-6,9,14H,7-8,10-11,17H2,1-3H3. The van der Waals surface area contributed by atoms with Crippen molar-refractivity contribution in [1.29, 1.82) is 0 Å². The van der Waals surface area contributed by atoms with Crippen molar-refractivity contribution in [2.45, 2.75) is 39.8 Å². The smallest absolute Gasteiger partial charge is 0.137 e. The number of pyridine rings is 1. The average molecular weight is 272 g/mol. The summed E-state index contributed by atoms with van der Waals surface area (Å²) in [5.74, 6) is 0. The Labute approximate surface area is 120 Å². The van der Waals surface area contributed by atoms with Gasteiger partial charge in [0.1, 0.15) is 5.65 Å². The van der Waals surface area contributed by atoms with Crippen LogP contribution in [-0.4, -0.2) is 33.4 Å². The van der Waals surface area contributed by atoms with Crippen LogP contribution < -0.4 is 5.73 Å². The fourth-order valence-corrected chi connectivity index (χ4v) is 3.24. The first-order valence-electron chi connectivity index (χ1n) is 7.37. The lowest BCUT2D eigenvalue weighted by atomic mass is 9.80. The molecule has 1 aliphatic heterocycles. The Balaban J connectivity index is 1.84. The molecule has 0 saturated carbocycles. The highest BCUT2D eigenvalue weighted by molar-refractivity contribution is 5.42. The molecule has 0 spiro atoms. The number of imidazole rings is 1. The van der Waals surface area contributed by atoms with Gasteiger partial charge >= 0.3 is 0 Å². The first-order chi connectivity index (χ1) is 9.47. The van der Waals surface area contributed by atoms with Crippen LogP contribution in [0.1, 0.15) is 31.7 Å². The van der Waals surface area contributed by atoms with Crippen LogP contribution in [0.15, 0.2) is 24.4 Å². The minimum absolute atomic E-state index is 0.188. The van der Waals surface area contributed by atoms with Gasteiger partial charge in [0.05, 0.1) is 11.9 Å². The topological polar surface area (TPSA) is 46.6 Å². The molecule has 1 saturated heterocycles. The average Bonchev–Trinajstić information content (AvgIpc) is 2.78. The van der Waals surface area contributed by atoms with E-state index in [1.807, 2.05) is 6.20 Å². The van der Waals surface area contributed by atoms with Gasteiger partial charge in [0.2, 0.25) is 0 Å². The van der Waals surface area contributed by atoms with E-state index in [1.54, 1.807) is 0 Å². The van der Waals surface area contributed by atoms with Crippen molar-refractivity contribution < 1.29 is 0 Å². The van der Waals surface area contributed by atoms with Crippen LogP contribution in [0.3, 0.4) is 0 Å². The Morgan fingerprint density at radius 1 is 1.40 bits per heavy atom. The molecule has 2 N–H and O–H groups in total. The van der Waals surface area contributed by atoms with E-state index in [0.29, 0.717) is 6.04 Å². The Morgan fingerprint density at radius 3 is 2.95 bits per heavy atom. The number of likely N-dealkylation sites (tertiary alicyclic amines) is 1. The summed E-state index contributed by atoms with van der Waals surface area (Å²) >= 11 is 0. The van der Waals surface area contributed by atoms with Crippen LogP contribution in [0, 0.1) is 12.3 Å². The van der Waals surface area contributed by atoms with E-state index in [4.69, 9.17) is 5.73 Å². The highest BCUT2D eigenvalue weighted by atomic mass is 15.2. The van der Waals surface area contributed by atoms with Crippen LogP contribution in [-0.2, 0) is 6.54 Å². The number of rotatable bonds is 2. The predicted octanol–water partition coefficient (Wildman–Crippen LogP) is 2.20. The van der Waals surface area contributed by atoms with Gasteiger partial charge in [-0.1, -0.05) is 19.9 Å². The lowest BCUT2D eigenvalue weighted by Gasteiger charge is -2.42. The van der Waals surface area contributed by atoms with Crippen LogP contribution >= 0.6 is 0 Å². The van der Waals surface area contributed by atoms with Gasteiger partial charge in [-0.15, -0.1) is 0 Å². The molecule has 1 atom stereocenters. The summed E-state index contributed by atoms with van der Waals surface area (Å²) in [5, 5.41) is 0. The molecular formula is C16H24N4. The lowest BCUT2D eigenvalue weighted by Crippen LogP contribution is -2.52. The molecule has 108 valence electrons. The predicted molar refractivity (Wildman–Crippen MR) is 81.6 cm³/mol. The molecule has 0 radical (unpaired) electrons. The quantitative estimate of drug-likeness (QED) is 0.911. The van der Waals surface area contributed by atoms with Crippen LogP contribution in [0.4, 0.5) is 0 Å². The Kier molecular flexibility index (Phi) is 3.30. The third-order valence-electron chi connectivity index (χ3n) is 4.57. The molecule has 1 unspecified atom stereocenters. The third kappa shape index (κ3) is 2.34. The van der Waals surface area contributed by atoms with Gasteiger partial charge in [-0.3, -0.25) is 4.90 Å². The summed E-state index contributed by atoms with van der Waals surface area (Å²) in [6.45, 7) is 9.74. The molecule has 4 heteroatoms. The van der Waals surface area contributed by atoms with Crippen molar-refractivity contribution in [3.05, 3.63) is 35.8 Å². The Morgan fingerprint density at radius 2 is 2.20 bits per heavy atom. The highest BCUT2D eigenvalue weighted by Gasteiger charge is 2.33. The van der Waals surface area contributed by atoms with Crippen LogP contribution in [0.5, 0.6) is 0 Å². The first kappa shape index (κ1) is 13.6. The molecule has 0 aliphatic carbocycles. The molecule has 3 heterocycles. The van der Waals surface area contributed by atoms with Gasteiger partial charge in [0.25, 0.3) is 0 Å². The Bertz CT molecular complexity index is 614. The molecule has 0 bridgehead atoms. The van der Waals surface area contributed by atoms with Gasteiger partial charge in [0, 0.05) is 31.4 Å². The van der Waals surface area contributed by atoms with Gasteiger partial charge in [0.15, 0.2) is 0 Å². The van der Waals surface area contributed by atoms with Crippen LogP contribution in [0.2, 0.25) is 0 Å². The molecule has 0 amide bonds. The molecule has 2 aromatic rings. The second kappa shape index (κ2) is 4.86. The normalized spacial score (nSPS) is 23.3. The first-order valence-corrected chi connectivity index (χ1v) is 7.37. The maximum atomic E-state index is 6.22. The minimum atomic E-state index is 0.188. The summed E-state index contributed by atoms with van der Waals surface area (Å²) in [7, 11) is 0. The SMILES string of the molecule is Cc1cccc2ncc(CN3CCC(N)C(C)(C)C3)n12. The Hall–Kier alpha value is -1.39. The van der Waals surface area contributed by atoms with E-state index in [2.05, 4.69) is 53.3 Å².